The summed E-state index contributed by atoms with van der Waals surface area (Å²) in [5, 5.41) is 5.73. The van der Waals surface area contributed by atoms with Crippen molar-refractivity contribution in [1.82, 2.24) is 9.97 Å². The van der Waals surface area contributed by atoms with Crippen LogP contribution in [-0.2, 0) is 0 Å². The third-order valence-electron chi connectivity index (χ3n) is 3.88. The summed E-state index contributed by atoms with van der Waals surface area (Å²) in [6.07, 6.45) is 3.46. The third-order valence-corrected chi connectivity index (χ3v) is 6.13. The number of methoxy groups -OCH3 is 1. The largest absolute Gasteiger partial charge is 0.497 e. The van der Waals surface area contributed by atoms with Crippen LogP contribution in [0, 0.1) is 5.82 Å². The zero-order valence-electron chi connectivity index (χ0n) is 15.6. The van der Waals surface area contributed by atoms with E-state index in [1.165, 1.54) is 35.2 Å². The van der Waals surface area contributed by atoms with Crippen molar-refractivity contribution in [2.75, 3.05) is 12.4 Å². The summed E-state index contributed by atoms with van der Waals surface area (Å²) in [6.45, 7) is 0. The molecule has 4 aromatic rings. The Labute approximate surface area is 189 Å². The Balaban J connectivity index is 1.66. The molecule has 0 aliphatic rings. The molecule has 9 heteroatoms. The maximum absolute atomic E-state index is 13.5. The molecule has 1 N–H and O–H groups in total. The van der Waals surface area contributed by atoms with Crippen molar-refractivity contribution >= 4 is 50.0 Å². The first-order chi connectivity index (χ1) is 14.6. The van der Waals surface area contributed by atoms with Gasteiger partial charge in [0, 0.05) is 33.6 Å². The van der Waals surface area contributed by atoms with Crippen LogP contribution in [-0.4, -0.2) is 17.1 Å². The van der Waals surface area contributed by atoms with Gasteiger partial charge in [-0.3, -0.25) is 0 Å². The lowest BCUT2D eigenvalue weighted by Gasteiger charge is -2.13. The number of anilines is 2. The van der Waals surface area contributed by atoms with Crippen molar-refractivity contribution in [3.63, 3.8) is 0 Å². The fourth-order valence-electron chi connectivity index (χ4n) is 2.52. The lowest BCUT2D eigenvalue weighted by Crippen LogP contribution is -1.98. The molecule has 0 saturated carbocycles. The molecule has 0 amide bonds. The van der Waals surface area contributed by atoms with Gasteiger partial charge < -0.3 is 14.8 Å². The molecule has 2 aromatic carbocycles. The normalized spacial score (nSPS) is 10.6. The second kappa shape index (κ2) is 9.46. The van der Waals surface area contributed by atoms with Crippen LogP contribution in [0.1, 0.15) is 0 Å². The lowest BCUT2D eigenvalue weighted by molar-refractivity contribution is 0.413. The molecule has 2 aromatic heterocycles. The molecule has 0 radical (unpaired) electrons. The van der Waals surface area contributed by atoms with Crippen molar-refractivity contribution in [3.05, 3.63) is 76.6 Å². The van der Waals surface area contributed by atoms with Crippen molar-refractivity contribution < 1.29 is 13.9 Å². The fraction of sp³-hybridized carbons (Fsp3) is 0.0476. The zero-order valence-corrected chi connectivity index (χ0v) is 18.9. The fourth-order valence-corrected chi connectivity index (χ4v) is 4.34. The van der Waals surface area contributed by atoms with Gasteiger partial charge >= 0.3 is 0 Å². The maximum Gasteiger partial charge on any atom is 0.188 e. The quantitative estimate of drug-likeness (QED) is 0.289. The molecule has 2 heterocycles. The van der Waals surface area contributed by atoms with Gasteiger partial charge in [-0.25, -0.2) is 14.4 Å². The summed E-state index contributed by atoms with van der Waals surface area (Å²) in [6, 6.07) is 13.9. The second-order valence-corrected chi connectivity index (χ2v) is 8.83. The zero-order chi connectivity index (χ0) is 20.9. The van der Waals surface area contributed by atoms with E-state index >= 15 is 0 Å². The molecule has 0 aliphatic carbocycles. The van der Waals surface area contributed by atoms with Gasteiger partial charge in [-0.1, -0.05) is 17.8 Å². The Morgan fingerprint density at radius 2 is 1.97 bits per heavy atom. The Morgan fingerprint density at radius 3 is 2.73 bits per heavy atom. The number of rotatable bonds is 7. The topological polar surface area (TPSA) is 56.3 Å². The Bertz CT molecular complexity index is 1160. The van der Waals surface area contributed by atoms with Crippen LogP contribution in [0.4, 0.5) is 15.3 Å². The van der Waals surface area contributed by atoms with E-state index in [0.29, 0.717) is 26.9 Å². The van der Waals surface area contributed by atoms with Crippen LogP contribution >= 0.6 is 39.0 Å². The summed E-state index contributed by atoms with van der Waals surface area (Å²) in [4.78, 5) is 10.6. The molecule has 0 spiro atoms. The highest BCUT2D eigenvalue weighted by Crippen LogP contribution is 2.38. The molecule has 0 aliphatic heterocycles. The first-order valence-electron chi connectivity index (χ1n) is 8.72. The first kappa shape index (κ1) is 20.6. The molecular formula is C21H15BrFN3O2S2. The molecular weight excluding hydrogens is 489 g/mol. The van der Waals surface area contributed by atoms with Crippen LogP contribution in [0.3, 0.4) is 0 Å². The van der Waals surface area contributed by atoms with Gasteiger partial charge in [0.2, 0.25) is 0 Å². The number of thiazole rings is 1. The van der Waals surface area contributed by atoms with Crippen LogP contribution < -0.4 is 14.8 Å². The van der Waals surface area contributed by atoms with E-state index in [9.17, 15) is 4.39 Å². The lowest BCUT2D eigenvalue weighted by atomic mass is 10.3. The van der Waals surface area contributed by atoms with Gasteiger partial charge in [-0.2, -0.15) is 0 Å². The van der Waals surface area contributed by atoms with E-state index in [1.807, 2.05) is 35.7 Å². The van der Waals surface area contributed by atoms with Crippen LogP contribution in [0.2, 0.25) is 0 Å². The number of nitrogens with one attached hydrogen (secondary N) is 1. The standard InChI is InChI=1S/C21H15BrFN3O2S2/c1-27-14-3-2-4-15(10-14)30-16-11-19(28-18-6-5-13(23)9-17(18)22)20(25-12-16)26-21-24-7-8-29-21/h2-12H,1H3,(H,24,25,26). The molecule has 5 nitrogen and oxygen atoms in total. The summed E-state index contributed by atoms with van der Waals surface area (Å²) < 4.78 is 25.3. The van der Waals surface area contributed by atoms with Gasteiger partial charge in [-0.15, -0.1) is 11.3 Å². The van der Waals surface area contributed by atoms with Gasteiger partial charge in [0.15, 0.2) is 16.7 Å². The first-order valence-corrected chi connectivity index (χ1v) is 11.2. The highest BCUT2D eigenvalue weighted by molar-refractivity contribution is 9.10. The van der Waals surface area contributed by atoms with Gasteiger partial charge in [0.25, 0.3) is 0 Å². The van der Waals surface area contributed by atoms with E-state index in [2.05, 4.69) is 31.2 Å². The van der Waals surface area contributed by atoms with Crippen LogP contribution in [0.15, 0.2) is 80.6 Å². The smallest absolute Gasteiger partial charge is 0.188 e. The number of nitrogens with zero attached hydrogens (tertiary/aromatic N) is 2. The summed E-state index contributed by atoms with van der Waals surface area (Å²) in [5.74, 6) is 1.91. The molecule has 4 rings (SSSR count). The van der Waals surface area contributed by atoms with Crippen LogP contribution in [0.5, 0.6) is 17.2 Å². The molecule has 0 fully saturated rings. The van der Waals surface area contributed by atoms with E-state index in [4.69, 9.17) is 9.47 Å². The number of hydrogen-bond acceptors (Lipinski definition) is 7. The maximum atomic E-state index is 13.5. The van der Waals surface area contributed by atoms with E-state index in [1.54, 1.807) is 25.6 Å². The number of hydrogen-bond donors (Lipinski definition) is 1. The van der Waals surface area contributed by atoms with Crippen molar-refractivity contribution in [3.8, 4) is 17.2 Å². The number of pyridine rings is 1. The minimum Gasteiger partial charge on any atom is -0.497 e. The number of aromatic nitrogens is 2. The Hall–Kier alpha value is -2.62. The minimum atomic E-state index is -0.351. The molecule has 0 bridgehead atoms. The third kappa shape index (κ3) is 5.10. The number of ether oxygens (including phenoxy) is 2. The number of halogens is 2. The molecule has 0 unspecified atom stereocenters. The second-order valence-electron chi connectivity index (χ2n) is 5.94. The summed E-state index contributed by atoms with van der Waals surface area (Å²) in [7, 11) is 1.64. The molecule has 0 atom stereocenters. The highest BCUT2D eigenvalue weighted by atomic mass is 79.9. The molecule has 30 heavy (non-hydrogen) atoms. The van der Waals surface area contributed by atoms with Crippen molar-refractivity contribution in [2.24, 2.45) is 0 Å². The van der Waals surface area contributed by atoms with E-state index < -0.39 is 0 Å². The van der Waals surface area contributed by atoms with E-state index in [0.717, 1.165) is 15.5 Å². The van der Waals surface area contributed by atoms with E-state index in [-0.39, 0.29) is 5.82 Å². The average molecular weight is 504 g/mol. The monoisotopic (exact) mass is 503 g/mol. The summed E-state index contributed by atoms with van der Waals surface area (Å²) in [5.41, 5.74) is 0. The molecule has 0 saturated heterocycles. The predicted octanol–water partition coefficient (Wildman–Crippen LogP) is 7.14. The van der Waals surface area contributed by atoms with Gasteiger partial charge in [-0.05, 0) is 52.3 Å². The van der Waals surface area contributed by atoms with Crippen molar-refractivity contribution in [1.29, 1.82) is 0 Å². The number of benzene rings is 2. The van der Waals surface area contributed by atoms with Crippen LogP contribution in [0.25, 0.3) is 0 Å². The summed E-state index contributed by atoms with van der Waals surface area (Å²) >= 11 is 6.33. The van der Waals surface area contributed by atoms with Gasteiger partial charge in [0.1, 0.15) is 17.3 Å². The Kier molecular flexibility index (Phi) is 6.51. The minimum absolute atomic E-state index is 0.351. The Morgan fingerprint density at radius 1 is 1.07 bits per heavy atom. The highest BCUT2D eigenvalue weighted by Gasteiger charge is 2.13. The van der Waals surface area contributed by atoms with Crippen molar-refractivity contribution in [2.45, 2.75) is 9.79 Å². The van der Waals surface area contributed by atoms with Gasteiger partial charge in [0.05, 0.1) is 11.6 Å². The SMILES string of the molecule is COc1cccc(Sc2cnc(Nc3nccs3)c(Oc3ccc(F)cc3Br)c2)c1. The average Bonchev–Trinajstić information content (AvgIpc) is 3.25. The molecule has 152 valence electrons. The predicted molar refractivity (Wildman–Crippen MR) is 121 cm³/mol.